The third kappa shape index (κ3) is 4.59. The molecule has 1 heterocycles. The highest BCUT2D eigenvalue weighted by molar-refractivity contribution is 6.29. The lowest BCUT2D eigenvalue weighted by Crippen LogP contribution is -2.26. The molecule has 0 bridgehead atoms. The van der Waals surface area contributed by atoms with Crippen LogP contribution in [0.1, 0.15) is 26.6 Å². The van der Waals surface area contributed by atoms with E-state index in [2.05, 4.69) is 15.9 Å². The van der Waals surface area contributed by atoms with Crippen molar-refractivity contribution in [2.45, 2.75) is 33.0 Å². The molecule has 0 radical (unpaired) electrons. The number of rotatable bonds is 5. The standard InChI is InChI=1S/C12H15ClN2O2/c1-5-12(3,4)17-11-7-9(13)14-10(15-11)8-16-6-2/h1,7H,6,8H2,2-4H3. The summed E-state index contributed by atoms with van der Waals surface area (Å²) in [6.45, 7) is 6.31. The van der Waals surface area contributed by atoms with Gasteiger partial charge in [0.05, 0.1) is 0 Å². The minimum atomic E-state index is -0.736. The number of aromatic nitrogens is 2. The number of hydrogen-bond acceptors (Lipinski definition) is 4. The fraction of sp³-hybridized carbons (Fsp3) is 0.500. The van der Waals surface area contributed by atoms with E-state index in [4.69, 9.17) is 27.5 Å². The molecule has 0 saturated heterocycles. The molecule has 1 aromatic heterocycles. The molecule has 0 aliphatic heterocycles. The predicted octanol–water partition coefficient (Wildman–Crippen LogP) is 2.46. The normalized spacial score (nSPS) is 11.0. The van der Waals surface area contributed by atoms with Gasteiger partial charge in [0.25, 0.3) is 0 Å². The van der Waals surface area contributed by atoms with E-state index in [1.54, 1.807) is 13.8 Å². The molecule has 4 nitrogen and oxygen atoms in total. The van der Waals surface area contributed by atoms with Gasteiger partial charge in [-0.2, -0.15) is 4.98 Å². The maximum Gasteiger partial charge on any atom is 0.219 e. The molecule has 5 heteroatoms. The van der Waals surface area contributed by atoms with Crippen molar-refractivity contribution in [3.63, 3.8) is 0 Å². The molecule has 0 N–H and O–H groups in total. The van der Waals surface area contributed by atoms with Crippen LogP contribution in [-0.2, 0) is 11.3 Å². The van der Waals surface area contributed by atoms with E-state index >= 15 is 0 Å². The highest BCUT2D eigenvalue weighted by Crippen LogP contribution is 2.19. The SMILES string of the molecule is C#CC(C)(C)Oc1cc(Cl)nc(COCC)n1. The summed E-state index contributed by atoms with van der Waals surface area (Å²) in [6, 6.07) is 1.52. The van der Waals surface area contributed by atoms with E-state index in [9.17, 15) is 0 Å². The Bertz CT molecular complexity index is 427. The van der Waals surface area contributed by atoms with Gasteiger partial charge in [-0.1, -0.05) is 17.5 Å². The van der Waals surface area contributed by atoms with Gasteiger partial charge in [-0.3, -0.25) is 0 Å². The first kappa shape index (κ1) is 13.8. The van der Waals surface area contributed by atoms with Crippen molar-refractivity contribution in [2.24, 2.45) is 0 Å². The Morgan fingerprint density at radius 1 is 1.47 bits per heavy atom. The first-order valence-electron chi connectivity index (χ1n) is 5.25. The zero-order chi connectivity index (χ0) is 12.9. The first-order chi connectivity index (χ1) is 7.96. The fourth-order valence-electron chi connectivity index (χ4n) is 1.04. The Labute approximate surface area is 106 Å². The van der Waals surface area contributed by atoms with Gasteiger partial charge in [0, 0.05) is 12.7 Å². The molecule has 0 amide bonds. The number of hydrogen-bond donors (Lipinski definition) is 0. The number of ether oxygens (including phenoxy) is 2. The second-order valence-electron chi connectivity index (χ2n) is 3.84. The molecular weight excluding hydrogens is 240 g/mol. The number of halogens is 1. The second kappa shape index (κ2) is 5.85. The van der Waals surface area contributed by atoms with Crippen LogP contribution in [0, 0.1) is 12.3 Å². The molecule has 0 aliphatic carbocycles. The largest absolute Gasteiger partial charge is 0.458 e. The molecule has 0 saturated carbocycles. The van der Waals surface area contributed by atoms with Crippen molar-refractivity contribution in [2.75, 3.05) is 6.61 Å². The highest BCUT2D eigenvalue weighted by Gasteiger charge is 2.17. The maximum absolute atomic E-state index is 5.86. The zero-order valence-corrected chi connectivity index (χ0v) is 10.9. The van der Waals surface area contributed by atoms with Crippen LogP contribution in [-0.4, -0.2) is 22.2 Å². The molecule has 1 rings (SSSR count). The van der Waals surface area contributed by atoms with Crippen LogP contribution in [0.5, 0.6) is 5.88 Å². The quantitative estimate of drug-likeness (QED) is 0.598. The lowest BCUT2D eigenvalue weighted by atomic mass is 10.1. The summed E-state index contributed by atoms with van der Waals surface area (Å²) < 4.78 is 10.7. The van der Waals surface area contributed by atoms with Crippen LogP contribution in [0.4, 0.5) is 0 Å². The average molecular weight is 255 g/mol. The van der Waals surface area contributed by atoms with Crippen molar-refractivity contribution in [1.29, 1.82) is 0 Å². The van der Waals surface area contributed by atoms with Gasteiger partial charge in [-0.05, 0) is 20.8 Å². The lowest BCUT2D eigenvalue weighted by molar-refractivity contribution is 0.124. The lowest BCUT2D eigenvalue weighted by Gasteiger charge is -2.19. The van der Waals surface area contributed by atoms with Crippen molar-refractivity contribution < 1.29 is 9.47 Å². The third-order valence-corrected chi connectivity index (χ3v) is 2.05. The second-order valence-corrected chi connectivity index (χ2v) is 4.23. The smallest absolute Gasteiger partial charge is 0.219 e. The molecule has 0 atom stereocenters. The summed E-state index contributed by atoms with van der Waals surface area (Å²) in [5, 5.41) is 0.303. The summed E-state index contributed by atoms with van der Waals surface area (Å²) in [7, 11) is 0. The number of nitrogens with zero attached hydrogens (tertiary/aromatic N) is 2. The molecule has 0 spiro atoms. The van der Waals surface area contributed by atoms with Crippen molar-refractivity contribution >= 4 is 11.6 Å². The van der Waals surface area contributed by atoms with Crippen LogP contribution in [0.2, 0.25) is 5.15 Å². The van der Waals surface area contributed by atoms with E-state index in [0.717, 1.165) is 0 Å². The average Bonchev–Trinajstić information content (AvgIpc) is 2.25. The monoisotopic (exact) mass is 254 g/mol. The molecule has 0 fully saturated rings. The Morgan fingerprint density at radius 2 is 2.18 bits per heavy atom. The van der Waals surface area contributed by atoms with Crippen molar-refractivity contribution in [3.05, 3.63) is 17.0 Å². The Kier molecular flexibility index (Phi) is 4.73. The van der Waals surface area contributed by atoms with E-state index in [0.29, 0.717) is 30.1 Å². The molecule has 0 unspecified atom stereocenters. The fourth-order valence-corrected chi connectivity index (χ4v) is 1.23. The van der Waals surface area contributed by atoms with Gasteiger partial charge < -0.3 is 9.47 Å². The summed E-state index contributed by atoms with van der Waals surface area (Å²) in [6.07, 6.45) is 5.33. The predicted molar refractivity (Wildman–Crippen MR) is 65.9 cm³/mol. The summed E-state index contributed by atoms with van der Waals surface area (Å²) in [5.74, 6) is 3.34. The van der Waals surface area contributed by atoms with Crippen molar-refractivity contribution in [1.82, 2.24) is 9.97 Å². The summed E-state index contributed by atoms with van der Waals surface area (Å²) in [4.78, 5) is 8.19. The summed E-state index contributed by atoms with van der Waals surface area (Å²) in [5.41, 5.74) is -0.736. The summed E-state index contributed by atoms with van der Waals surface area (Å²) >= 11 is 5.86. The van der Waals surface area contributed by atoms with Gasteiger partial charge >= 0.3 is 0 Å². The highest BCUT2D eigenvalue weighted by atomic mass is 35.5. The minimum absolute atomic E-state index is 0.296. The first-order valence-corrected chi connectivity index (χ1v) is 5.62. The number of terminal acetylenes is 1. The zero-order valence-electron chi connectivity index (χ0n) is 10.2. The Balaban J connectivity index is 2.86. The van der Waals surface area contributed by atoms with Gasteiger partial charge in [0.1, 0.15) is 11.8 Å². The van der Waals surface area contributed by atoms with Gasteiger partial charge in [-0.25, -0.2) is 4.98 Å². The van der Waals surface area contributed by atoms with E-state index < -0.39 is 5.60 Å². The molecule has 1 aromatic rings. The van der Waals surface area contributed by atoms with Crippen LogP contribution < -0.4 is 4.74 Å². The van der Waals surface area contributed by atoms with Gasteiger partial charge in [0.2, 0.25) is 5.88 Å². The van der Waals surface area contributed by atoms with E-state index in [1.807, 2.05) is 6.92 Å². The molecule has 0 aromatic carbocycles. The Morgan fingerprint density at radius 3 is 2.76 bits per heavy atom. The van der Waals surface area contributed by atoms with E-state index in [1.165, 1.54) is 6.07 Å². The third-order valence-electron chi connectivity index (χ3n) is 1.86. The van der Waals surface area contributed by atoms with Crippen molar-refractivity contribution in [3.8, 4) is 18.2 Å². The maximum atomic E-state index is 5.86. The van der Waals surface area contributed by atoms with Gasteiger partial charge in [-0.15, -0.1) is 6.42 Å². The van der Waals surface area contributed by atoms with Crippen LogP contribution in [0.25, 0.3) is 0 Å². The van der Waals surface area contributed by atoms with Gasteiger partial charge in [0.15, 0.2) is 11.4 Å². The van der Waals surface area contributed by atoms with Crippen LogP contribution in [0.3, 0.4) is 0 Å². The minimum Gasteiger partial charge on any atom is -0.458 e. The molecular formula is C12H15ClN2O2. The van der Waals surface area contributed by atoms with E-state index in [-0.39, 0.29) is 0 Å². The Hall–Kier alpha value is -1.31. The molecule has 17 heavy (non-hydrogen) atoms. The molecule has 0 aliphatic rings. The topological polar surface area (TPSA) is 44.2 Å². The van der Waals surface area contributed by atoms with Crippen LogP contribution in [0.15, 0.2) is 6.07 Å². The van der Waals surface area contributed by atoms with Crippen LogP contribution >= 0.6 is 11.6 Å². The molecule has 92 valence electrons.